The summed E-state index contributed by atoms with van der Waals surface area (Å²) in [6, 6.07) is 6.37. The lowest BCUT2D eigenvalue weighted by atomic mass is 9.77. The van der Waals surface area contributed by atoms with Gasteiger partial charge in [0.25, 0.3) is 11.8 Å². The first kappa shape index (κ1) is 15.7. The van der Waals surface area contributed by atoms with Crippen molar-refractivity contribution in [2.45, 2.75) is 18.8 Å². The molecule has 2 heterocycles. The molecule has 1 aromatic rings. The van der Waals surface area contributed by atoms with Gasteiger partial charge in [-0.25, -0.2) is 8.78 Å². The fourth-order valence-corrected chi connectivity index (χ4v) is 3.43. The number of benzene rings is 1. The van der Waals surface area contributed by atoms with E-state index in [1.165, 1.54) is 13.2 Å². The molecule has 7 heteroatoms. The second-order valence-electron chi connectivity index (χ2n) is 6.21. The molecule has 2 aliphatic rings. The van der Waals surface area contributed by atoms with Crippen molar-refractivity contribution < 1.29 is 23.1 Å². The molecule has 1 aromatic carbocycles. The third-order valence-electron chi connectivity index (χ3n) is 4.49. The van der Waals surface area contributed by atoms with Crippen LogP contribution >= 0.6 is 0 Å². The van der Waals surface area contributed by atoms with Gasteiger partial charge in [-0.15, -0.1) is 0 Å². The number of nitrogens with one attached hydrogen (secondary N) is 1. The van der Waals surface area contributed by atoms with Gasteiger partial charge in [0.05, 0.1) is 19.1 Å². The van der Waals surface area contributed by atoms with Crippen LogP contribution in [0.3, 0.4) is 0 Å². The van der Waals surface area contributed by atoms with Crippen LogP contribution in [0.1, 0.15) is 23.2 Å². The smallest absolute Gasteiger partial charge is 0.266 e. The SMILES string of the molecule is COc1cccc(C(=O)N2CC(F)(F)CC3(CCNC3=O)C2)c1. The Bertz CT molecular complexity index is 650. The number of halogens is 2. The van der Waals surface area contributed by atoms with Gasteiger partial charge >= 0.3 is 0 Å². The number of carbonyl (C=O) groups excluding carboxylic acids is 2. The minimum Gasteiger partial charge on any atom is -0.497 e. The molecule has 0 aromatic heterocycles. The number of nitrogens with zero attached hydrogens (tertiary/aromatic N) is 1. The highest BCUT2D eigenvalue weighted by Crippen LogP contribution is 2.43. The van der Waals surface area contributed by atoms with Crippen LogP contribution in [0.25, 0.3) is 0 Å². The van der Waals surface area contributed by atoms with E-state index in [4.69, 9.17) is 4.74 Å². The Hall–Kier alpha value is -2.18. The monoisotopic (exact) mass is 324 g/mol. The molecule has 1 spiro atoms. The maximum atomic E-state index is 14.1. The van der Waals surface area contributed by atoms with Gasteiger partial charge in [-0.1, -0.05) is 6.07 Å². The molecule has 2 fully saturated rings. The number of rotatable bonds is 2. The first-order chi connectivity index (χ1) is 10.9. The molecule has 1 N–H and O–H groups in total. The van der Waals surface area contributed by atoms with Gasteiger partial charge in [-0.05, 0) is 24.6 Å². The molecule has 0 radical (unpaired) electrons. The van der Waals surface area contributed by atoms with Crippen LogP contribution in [0.2, 0.25) is 0 Å². The minimum absolute atomic E-state index is 0.0183. The van der Waals surface area contributed by atoms with Crippen LogP contribution in [0, 0.1) is 5.41 Å². The molecule has 124 valence electrons. The summed E-state index contributed by atoms with van der Waals surface area (Å²) in [7, 11) is 1.47. The molecular formula is C16H18F2N2O3. The summed E-state index contributed by atoms with van der Waals surface area (Å²) in [6.45, 7) is -0.279. The molecule has 0 saturated carbocycles. The largest absolute Gasteiger partial charge is 0.497 e. The summed E-state index contributed by atoms with van der Waals surface area (Å²) >= 11 is 0. The van der Waals surface area contributed by atoms with Crippen molar-refractivity contribution in [2.75, 3.05) is 26.7 Å². The lowest BCUT2D eigenvalue weighted by Gasteiger charge is -2.42. The first-order valence-corrected chi connectivity index (χ1v) is 7.45. The molecule has 1 unspecified atom stereocenters. The van der Waals surface area contributed by atoms with Gasteiger partial charge in [-0.3, -0.25) is 9.59 Å². The summed E-state index contributed by atoms with van der Waals surface area (Å²) in [6.07, 6.45) is -0.183. The summed E-state index contributed by atoms with van der Waals surface area (Å²) < 4.78 is 33.4. The van der Waals surface area contributed by atoms with E-state index in [0.29, 0.717) is 18.7 Å². The van der Waals surface area contributed by atoms with Gasteiger partial charge in [0.15, 0.2) is 0 Å². The van der Waals surface area contributed by atoms with Crippen molar-refractivity contribution in [2.24, 2.45) is 5.41 Å². The number of methoxy groups -OCH3 is 1. The second kappa shape index (κ2) is 5.47. The highest BCUT2D eigenvalue weighted by atomic mass is 19.3. The molecule has 2 aliphatic heterocycles. The van der Waals surface area contributed by atoms with Gasteiger partial charge in [-0.2, -0.15) is 0 Å². The number of hydrogen-bond acceptors (Lipinski definition) is 3. The topological polar surface area (TPSA) is 58.6 Å². The molecule has 0 aliphatic carbocycles. The van der Waals surface area contributed by atoms with Gasteiger partial charge in [0.2, 0.25) is 5.91 Å². The highest BCUT2D eigenvalue weighted by molar-refractivity contribution is 5.95. The normalized spacial score (nSPS) is 26.2. The molecule has 1 atom stereocenters. The summed E-state index contributed by atoms with van der Waals surface area (Å²) in [5.41, 5.74) is -0.911. The van der Waals surface area contributed by atoms with Crippen molar-refractivity contribution in [3.8, 4) is 5.75 Å². The minimum atomic E-state index is -3.07. The summed E-state index contributed by atoms with van der Waals surface area (Å²) in [5, 5.41) is 2.61. The van der Waals surface area contributed by atoms with Crippen LogP contribution in [-0.4, -0.2) is 49.4 Å². The maximum absolute atomic E-state index is 14.1. The second-order valence-corrected chi connectivity index (χ2v) is 6.21. The third kappa shape index (κ3) is 2.87. The number of carbonyl (C=O) groups is 2. The Morgan fingerprint density at radius 3 is 2.78 bits per heavy atom. The number of alkyl halides is 2. The van der Waals surface area contributed by atoms with Crippen molar-refractivity contribution in [3.63, 3.8) is 0 Å². The fraction of sp³-hybridized carbons (Fsp3) is 0.500. The fourth-order valence-electron chi connectivity index (χ4n) is 3.43. The van der Waals surface area contributed by atoms with Crippen LogP contribution < -0.4 is 10.1 Å². The number of likely N-dealkylation sites (tertiary alicyclic amines) is 1. The van der Waals surface area contributed by atoms with Crippen molar-refractivity contribution in [1.29, 1.82) is 0 Å². The summed E-state index contributed by atoms with van der Waals surface area (Å²) in [4.78, 5) is 25.7. The van der Waals surface area contributed by atoms with Crippen molar-refractivity contribution in [1.82, 2.24) is 10.2 Å². The van der Waals surface area contributed by atoms with E-state index in [-0.39, 0.29) is 18.0 Å². The molecule has 0 bridgehead atoms. The van der Waals surface area contributed by atoms with Gasteiger partial charge < -0.3 is 15.0 Å². The Morgan fingerprint density at radius 1 is 1.35 bits per heavy atom. The molecule has 2 saturated heterocycles. The van der Waals surface area contributed by atoms with E-state index in [9.17, 15) is 18.4 Å². The van der Waals surface area contributed by atoms with E-state index in [0.717, 1.165) is 4.90 Å². The lowest BCUT2D eigenvalue weighted by molar-refractivity contribution is -0.144. The van der Waals surface area contributed by atoms with E-state index >= 15 is 0 Å². The zero-order chi connectivity index (χ0) is 16.7. The van der Waals surface area contributed by atoms with Crippen LogP contribution in [0.5, 0.6) is 5.75 Å². The Labute approximate surface area is 132 Å². The molecule has 23 heavy (non-hydrogen) atoms. The van der Waals surface area contributed by atoms with E-state index in [1.54, 1.807) is 18.2 Å². The number of hydrogen-bond donors (Lipinski definition) is 1. The van der Waals surface area contributed by atoms with Crippen molar-refractivity contribution in [3.05, 3.63) is 29.8 Å². The quantitative estimate of drug-likeness (QED) is 0.900. The van der Waals surface area contributed by atoms with E-state index in [2.05, 4.69) is 5.32 Å². The average molecular weight is 324 g/mol. The third-order valence-corrected chi connectivity index (χ3v) is 4.49. The zero-order valence-corrected chi connectivity index (χ0v) is 12.8. The van der Waals surface area contributed by atoms with Crippen molar-refractivity contribution >= 4 is 11.8 Å². The Kier molecular flexibility index (Phi) is 3.74. The van der Waals surface area contributed by atoms with E-state index < -0.39 is 30.2 Å². The number of piperidine rings is 1. The maximum Gasteiger partial charge on any atom is 0.266 e. The molecule has 2 amide bonds. The van der Waals surface area contributed by atoms with Crippen LogP contribution in [0.4, 0.5) is 8.78 Å². The molecular weight excluding hydrogens is 306 g/mol. The highest BCUT2D eigenvalue weighted by Gasteiger charge is 2.55. The lowest BCUT2D eigenvalue weighted by Crippen LogP contribution is -2.56. The predicted octanol–water partition coefficient (Wildman–Crippen LogP) is 1.68. The van der Waals surface area contributed by atoms with E-state index in [1.807, 2.05) is 0 Å². The standard InChI is InChI=1S/C16H18F2N2O3/c1-23-12-4-2-3-11(7-12)13(21)20-9-15(5-6-19-14(15)22)8-16(17,18)10-20/h2-4,7H,5-6,8-10H2,1H3,(H,19,22). The number of amides is 2. The van der Waals surface area contributed by atoms with Crippen LogP contribution in [-0.2, 0) is 4.79 Å². The molecule has 5 nitrogen and oxygen atoms in total. The predicted molar refractivity (Wildman–Crippen MR) is 78.5 cm³/mol. The Balaban J connectivity index is 1.89. The van der Waals surface area contributed by atoms with Crippen LogP contribution in [0.15, 0.2) is 24.3 Å². The molecule has 3 rings (SSSR count). The Morgan fingerprint density at radius 2 is 2.13 bits per heavy atom. The number of ether oxygens (including phenoxy) is 1. The van der Waals surface area contributed by atoms with Gasteiger partial charge in [0.1, 0.15) is 5.75 Å². The summed E-state index contributed by atoms with van der Waals surface area (Å²) in [5.74, 6) is -3.50. The first-order valence-electron chi connectivity index (χ1n) is 7.45. The average Bonchev–Trinajstić information content (AvgIpc) is 2.84. The zero-order valence-electron chi connectivity index (χ0n) is 12.8. The van der Waals surface area contributed by atoms with Gasteiger partial charge in [0, 0.05) is 25.1 Å².